The van der Waals surface area contributed by atoms with Gasteiger partial charge in [0.05, 0.1) is 12.5 Å². The minimum atomic E-state index is -0.518. The lowest BCUT2D eigenvalue weighted by atomic mass is 10.2. The second-order valence-electron chi connectivity index (χ2n) is 6.89. The van der Waals surface area contributed by atoms with Gasteiger partial charge in [-0.05, 0) is 52.1 Å². The Balaban J connectivity index is 1.78. The molecule has 2 aromatic carbocycles. The van der Waals surface area contributed by atoms with E-state index in [2.05, 4.69) is 54.4 Å². The van der Waals surface area contributed by atoms with E-state index >= 15 is 0 Å². The highest BCUT2D eigenvalue weighted by Crippen LogP contribution is 2.53. The normalized spacial score (nSPS) is 23.0. The van der Waals surface area contributed by atoms with Crippen LogP contribution in [0.4, 0.5) is 0 Å². The van der Waals surface area contributed by atoms with Crippen LogP contribution < -0.4 is 10.1 Å². The molecule has 6 heteroatoms. The van der Waals surface area contributed by atoms with Crippen LogP contribution in [-0.2, 0) is 11.3 Å². The van der Waals surface area contributed by atoms with Gasteiger partial charge < -0.3 is 15.0 Å². The summed E-state index contributed by atoms with van der Waals surface area (Å²) in [5, 5.41) is 4.11. The monoisotopic (exact) mass is 414 g/mol. The molecule has 0 fully saturated rings. The zero-order chi connectivity index (χ0) is 19.5. The van der Waals surface area contributed by atoms with Gasteiger partial charge in [0, 0.05) is 30.3 Å². The number of fused-ring (bicyclic) bond motifs is 2. The Hall–Kier alpha value is -1.89. The number of nitrogens with one attached hydrogen (secondary N) is 1. The average Bonchev–Trinajstić information content (AvgIpc) is 3.06. The van der Waals surface area contributed by atoms with Crippen LogP contribution in [0.15, 0.2) is 64.9 Å². The molecule has 28 heavy (non-hydrogen) atoms. The molecular formula is C22H26N2O2S2. The number of hydrogen-bond donors (Lipinski definition) is 2. The smallest absolute Gasteiger partial charge is 0.246 e. The molecule has 4 rings (SSSR count). The summed E-state index contributed by atoms with van der Waals surface area (Å²) in [5.74, 6) is 2.89. The lowest BCUT2D eigenvalue weighted by Gasteiger charge is -2.32. The van der Waals surface area contributed by atoms with Gasteiger partial charge in [0.15, 0.2) is 0 Å². The Morgan fingerprint density at radius 2 is 2.21 bits per heavy atom. The Bertz CT molecular complexity index is 887. The number of amides is 1. The summed E-state index contributed by atoms with van der Waals surface area (Å²) >= 11 is 1.93. The topological polar surface area (TPSA) is 41.6 Å². The molecule has 0 spiro atoms. The van der Waals surface area contributed by atoms with Crippen molar-refractivity contribution < 1.29 is 9.53 Å². The molecule has 4 nitrogen and oxygen atoms in total. The van der Waals surface area contributed by atoms with Crippen molar-refractivity contribution in [2.75, 3.05) is 31.7 Å². The number of nitrogens with zero attached hydrogens (tertiary/aromatic N) is 1. The zero-order valence-corrected chi connectivity index (χ0v) is 17.8. The van der Waals surface area contributed by atoms with Crippen molar-refractivity contribution in [3.05, 3.63) is 66.2 Å². The van der Waals surface area contributed by atoms with Crippen LogP contribution in [0.25, 0.3) is 0 Å². The van der Waals surface area contributed by atoms with Gasteiger partial charge in [-0.15, -0.1) is 11.8 Å². The minimum Gasteiger partial charge on any atom is -0.497 e. The van der Waals surface area contributed by atoms with E-state index in [1.165, 1.54) is 27.0 Å². The van der Waals surface area contributed by atoms with Crippen LogP contribution in [0.1, 0.15) is 16.5 Å². The van der Waals surface area contributed by atoms with E-state index in [-0.39, 0.29) is 5.91 Å². The number of rotatable bonds is 3. The van der Waals surface area contributed by atoms with E-state index in [0.717, 1.165) is 30.3 Å². The van der Waals surface area contributed by atoms with Gasteiger partial charge in [0.1, 0.15) is 5.75 Å². The predicted octanol–water partition coefficient (Wildman–Crippen LogP) is 3.98. The van der Waals surface area contributed by atoms with Gasteiger partial charge in [-0.25, -0.2) is 10.9 Å². The molecule has 0 radical (unpaired) electrons. The molecule has 0 bridgehead atoms. The molecule has 2 unspecified atom stereocenters. The van der Waals surface area contributed by atoms with Gasteiger partial charge >= 0.3 is 0 Å². The van der Waals surface area contributed by atoms with Crippen molar-refractivity contribution >= 4 is 28.6 Å². The first kappa shape index (κ1) is 19.4. The highest BCUT2D eigenvalue weighted by molar-refractivity contribution is 8.17. The Morgan fingerprint density at radius 3 is 3.04 bits per heavy atom. The molecule has 0 aliphatic carbocycles. The molecule has 148 valence electrons. The van der Waals surface area contributed by atoms with Crippen LogP contribution in [0, 0.1) is 0 Å². The van der Waals surface area contributed by atoms with Crippen molar-refractivity contribution in [2.24, 2.45) is 0 Å². The number of hydrogen-bond acceptors (Lipinski definition) is 4. The fourth-order valence-corrected chi connectivity index (χ4v) is 7.87. The predicted molar refractivity (Wildman–Crippen MR) is 119 cm³/mol. The number of thiol groups is 1. The fourth-order valence-electron chi connectivity index (χ4n) is 3.90. The number of carbonyl (C=O) groups is 1. The van der Waals surface area contributed by atoms with E-state index < -0.39 is 10.9 Å². The number of ether oxygens (including phenoxy) is 1. The highest BCUT2D eigenvalue weighted by Gasteiger charge is 2.30. The van der Waals surface area contributed by atoms with Crippen LogP contribution in [0.2, 0.25) is 0 Å². The summed E-state index contributed by atoms with van der Waals surface area (Å²) in [5.41, 5.74) is 2.58. The van der Waals surface area contributed by atoms with Crippen molar-refractivity contribution in [2.45, 2.75) is 21.7 Å². The van der Waals surface area contributed by atoms with Crippen molar-refractivity contribution in [3.8, 4) is 5.75 Å². The second kappa shape index (κ2) is 8.64. The van der Waals surface area contributed by atoms with Crippen molar-refractivity contribution in [3.63, 3.8) is 0 Å². The molecule has 0 saturated heterocycles. The molecule has 0 aromatic heterocycles. The first-order valence-electron chi connectivity index (χ1n) is 9.51. The molecule has 0 saturated carbocycles. The molecule has 2 aliphatic heterocycles. The van der Waals surface area contributed by atoms with Gasteiger partial charge in [-0.1, -0.05) is 24.8 Å². The maximum Gasteiger partial charge on any atom is 0.246 e. The van der Waals surface area contributed by atoms with Crippen LogP contribution in [-0.4, -0.2) is 42.5 Å². The first-order chi connectivity index (χ1) is 13.7. The van der Waals surface area contributed by atoms with E-state index in [4.69, 9.17) is 4.74 Å². The lowest BCUT2D eigenvalue weighted by Crippen LogP contribution is -2.31. The Morgan fingerprint density at radius 1 is 1.36 bits per heavy atom. The largest absolute Gasteiger partial charge is 0.497 e. The van der Waals surface area contributed by atoms with Gasteiger partial charge in [0.25, 0.3) is 0 Å². The van der Waals surface area contributed by atoms with Crippen molar-refractivity contribution in [1.29, 1.82) is 0 Å². The maximum atomic E-state index is 12.4. The standard InChI is InChI=1S/C22H26N2O2S2/c1-3-21(25)24-11-13-28(20-9-8-17(26-2)14-16(20)15-24)22-18-6-4-5-7-19(18)27-12-10-23-22/h3-9,14,22-23,28H,1,10-13,15H2,2H3. The molecule has 1 amide bonds. The molecule has 2 aromatic rings. The van der Waals surface area contributed by atoms with E-state index in [9.17, 15) is 4.79 Å². The third-order valence-electron chi connectivity index (χ3n) is 5.28. The fraction of sp³-hybridized carbons (Fsp3) is 0.318. The molecule has 2 atom stereocenters. The molecule has 2 heterocycles. The number of benzene rings is 2. The summed E-state index contributed by atoms with van der Waals surface area (Å²) in [4.78, 5) is 17.0. The van der Waals surface area contributed by atoms with E-state index in [1.54, 1.807) is 7.11 Å². The quantitative estimate of drug-likeness (QED) is 0.589. The second-order valence-corrected chi connectivity index (χ2v) is 10.4. The highest BCUT2D eigenvalue weighted by atomic mass is 32.2. The third-order valence-corrected chi connectivity index (χ3v) is 9.19. The first-order valence-corrected chi connectivity index (χ1v) is 12.1. The number of thioether (sulfide) groups is 1. The summed E-state index contributed by atoms with van der Waals surface area (Å²) in [6.07, 6.45) is 1.42. The molecular weight excluding hydrogens is 388 g/mol. The molecule has 2 aliphatic rings. The van der Waals surface area contributed by atoms with Gasteiger partial charge in [0.2, 0.25) is 5.91 Å². The van der Waals surface area contributed by atoms with E-state index in [1.807, 2.05) is 16.7 Å². The number of carbonyl (C=O) groups excluding carboxylic acids is 1. The summed E-state index contributed by atoms with van der Waals surface area (Å²) in [6, 6.07) is 15.1. The van der Waals surface area contributed by atoms with Crippen molar-refractivity contribution in [1.82, 2.24) is 10.2 Å². The van der Waals surface area contributed by atoms with Crippen LogP contribution in [0.3, 0.4) is 0 Å². The van der Waals surface area contributed by atoms with Crippen LogP contribution >= 0.6 is 22.7 Å². The average molecular weight is 415 g/mol. The Labute approximate surface area is 173 Å². The third kappa shape index (κ3) is 3.81. The minimum absolute atomic E-state index is 0.00426. The summed E-state index contributed by atoms with van der Waals surface area (Å²) in [6.45, 7) is 6.03. The van der Waals surface area contributed by atoms with Crippen LogP contribution in [0.5, 0.6) is 5.75 Å². The lowest BCUT2D eigenvalue weighted by molar-refractivity contribution is -0.126. The number of methoxy groups -OCH3 is 1. The SMILES string of the molecule is C=CC(=O)N1CC[SH](C2NCCSc3ccccc32)c2ccc(OC)cc2C1. The summed E-state index contributed by atoms with van der Waals surface area (Å²) in [7, 11) is 1.17. The summed E-state index contributed by atoms with van der Waals surface area (Å²) < 4.78 is 5.46. The van der Waals surface area contributed by atoms with Gasteiger partial charge in [-0.2, -0.15) is 0 Å². The molecule has 1 N–H and O–H groups in total. The van der Waals surface area contributed by atoms with E-state index in [0.29, 0.717) is 11.9 Å². The maximum absolute atomic E-state index is 12.4. The van der Waals surface area contributed by atoms with Gasteiger partial charge in [-0.3, -0.25) is 4.79 Å². The Kier molecular flexibility index (Phi) is 5.99. The zero-order valence-electron chi connectivity index (χ0n) is 16.1.